The molecule has 1 unspecified atom stereocenters. The molecule has 6 heteroatoms. The fraction of sp³-hybridized carbons (Fsp3) is 0.250. The molecule has 0 saturated heterocycles. The molecule has 2 rings (SSSR count). The molecule has 22 heavy (non-hydrogen) atoms. The molecule has 0 saturated carbocycles. The molecule has 0 bridgehead atoms. The van der Waals surface area contributed by atoms with Crippen LogP contribution in [-0.4, -0.2) is 16.9 Å². The van der Waals surface area contributed by atoms with Crippen LogP contribution in [0.15, 0.2) is 42.7 Å². The summed E-state index contributed by atoms with van der Waals surface area (Å²) in [5, 5.41) is 2.69. The van der Waals surface area contributed by atoms with Gasteiger partial charge in [-0.3, -0.25) is 9.78 Å². The van der Waals surface area contributed by atoms with Crippen LogP contribution >= 0.6 is 0 Å². The number of nitrogens with zero attached hydrogens (tertiary/aromatic N) is 1. The highest BCUT2D eigenvalue weighted by molar-refractivity contribution is 5.76. The summed E-state index contributed by atoms with van der Waals surface area (Å²) in [6.07, 6.45) is 3.35. The molecule has 1 aromatic heterocycles. The van der Waals surface area contributed by atoms with Crippen molar-refractivity contribution < 1.29 is 13.9 Å². The molecule has 0 aliphatic carbocycles. The normalized spacial score (nSPS) is 11.8. The van der Waals surface area contributed by atoms with E-state index in [1.807, 2.05) is 0 Å². The van der Waals surface area contributed by atoms with E-state index < -0.39 is 5.82 Å². The van der Waals surface area contributed by atoms with Crippen LogP contribution in [0.1, 0.15) is 18.9 Å². The number of aromatic nitrogens is 1. The number of nitrogens with one attached hydrogen (secondary N) is 1. The molecule has 1 amide bonds. The van der Waals surface area contributed by atoms with E-state index in [2.05, 4.69) is 10.3 Å². The molecular weight excluding hydrogens is 285 g/mol. The molecule has 0 aliphatic rings. The van der Waals surface area contributed by atoms with Gasteiger partial charge in [0.25, 0.3) is 0 Å². The van der Waals surface area contributed by atoms with Gasteiger partial charge in [-0.05, 0) is 36.8 Å². The zero-order valence-electron chi connectivity index (χ0n) is 12.3. The first-order chi connectivity index (χ1) is 10.5. The fourth-order valence-electron chi connectivity index (χ4n) is 1.84. The maximum atomic E-state index is 14.0. The lowest BCUT2D eigenvalue weighted by molar-refractivity contribution is -0.121. The van der Waals surface area contributed by atoms with Crippen molar-refractivity contribution in [2.45, 2.75) is 25.9 Å². The van der Waals surface area contributed by atoms with E-state index in [1.54, 1.807) is 31.3 Å². The minimum Gasteiger partial charge on any atom is -0.453 e. The first kappa shape index (κ1) is 15.9. The van der Waals surface area contributed by atoms with Crippen LogP contribution in [0.5, 0.6) is 11.5 Å². The summed E-state index contributed by atoms with van der Waals surface area (Å²) in [5.41, 5.74) is 6.18. The third kappa shape index (κ3) is 4.82. The third-order valence-electron chi connectivity index (χ3n) is 2.86. The predicted molar refractivity (Wildman–Crippen MR) is 80.8 cm³/mol. The Morgan fingerprint density at radius 3 is 2.91 bits per heavy atom. The molecular formula is C16H18FN3O2. The van der Waals surface area contributed by atoms with E-state index >= 15 is 0 Å². The standard InChI is InChI=1S/C16H18FN3O2/c1-11(18)7-16(21)20-9-12-4-5-15(14(17)8-12)22-13-3-2-6-19-10-13/h2-6,8,10-11H,7,9,18H2,1H3,(H,20,21). The summed E-state index contributed by atoms with van der Waals surface area (Å²) < 4.78 is 19.4. The van der Waals surface area contributed by atoms with Crippen LogP contribution < -0.4 is 15.8 Å². The van der Waals surface area contributed by atoms with E-state index in [9.17, 15) is 9.18 Å². The van der Waals surface area contributed by atoms with Crippen LogP contribution in [0.3, 0.4) is 0 Å². The second-order valence-corrected chi connectivity index (χ2v) is 5.01. The van der Waals surface area contributed by atoms with Gasteiger partial charge in [-0.1, -0.05) is 6.07 Å². The summed E-state index contributed by atoms with van der Waals surface area (Å²) >= 11 is 0. The quantitative estimate of drug-likeness (QED) is 0.859. The van der Waals surface area contributed by atoms with Gasteiger partial charge >= 0.3 is 0 Å². The topological polar surface area (TPSA) is 77.2 Å². The average molecular weight is 303 g/mol. The molecule has 1 aromatic carbocycles. The minimum atomic E-state index is -0.497. The zero-order chi connectivity index (χ0) is 15.9. The van der Waals surface area contributed by atoms with Crippen LogP contribution in [0.2, 0.25) is 0 Å². The van der Waals surface area contributed by atoms with Gasteiger partial charge < -0.3 is 15.8 Å². The monoisotopic (exact) mass is 303 g/mol. The molecule has 3 N–H and O–H groups in total. The largest absolute Gasteiger partial charge is 0.453 e. The maximum absolute atomic E-state index is 14.0. The van der Waals surface area contributed by atoms with Crippen LogP contribution in [0.4, 0.5) is 4.39 Å². The highest BCUT2D eigenvalue weighted by Gasteiger charge is 2.08. The first-order valence-corrected chi connectivity index (χ1v) is 6.93. The van der Waals surface area contributed by atoms with E-state index in [1.165, 1.54) is 18.3 Å². The number of rotatable bonds is 6. The van der Waals surface area contributed by atoms with Gasteiger partial charge in [0.1, 0.15) is 5.75 Å². The summed E-state index contributed by atoms with van der Waals surface area (Å²) in [6.45, 7) is 2.00. The summed E-state index contributed by atoms with van der Waals surface area (Å²) in [5.74, 6) is -0.0908. The highest BCUT2D eigenvalue weighted by Crippen LogP contribution is 2.24. The second kappa shape index (κ2) is 7.51. The van der Waals surface area contributed by atoms with Crippen molar-refractivity contribution in [1.82, 2.24) is 10.3 Å². The lowest BCUT2D eigenvalue weighted by atomic mass is 10.2. The van der Waals surface area contributed by atoms with Gasteiger partial charge in [0.05, 0.1) is 6.20 Å². The Balaban J connectivity index is 1.96. The van der Waals surface area contributed by atoms with Crippen molar-refractivity contribution in [3.05, 3.63) is 54.1 Å². The van der Waals surface area contributed by atoms with Gasteiger partial charge in [0, 0.05) is 25.2 Å². The first-order valence-electron chi connectivity index (χ1n) is 6.93. The Morgan fingerprint density at radius 2 is 2.27 bits per heavy atom. The SMILES string of the molecule is CC(N)CC(=O)NCc1ccc(Oc2cccnc2)c(F)c1. The van der Waals surface area contributed by atoms with Crippen LogP contribution in [0.25, 0.3) is 0 Å². The van der Waals surface area contributed by atoms with E-state index in [4.69, 9.17) is 10.5 Å². The Bertz CT molecular complexity index is 633. The number of ether oxygens (including phenoxy) is 1. The van der Waals surface area contributed by atoms with Gasteiger partial charge in [0.15, 0.2) is 11.6 Å². The minimum absolute atomic E-state index is 0.110. The molecule has 1 heterocycles. The number of pyridine rings is 1. The summed E-state index contributed by atoms with van der Waals surface area (Å²) in [7, 11) is 0. The van der Waals surface area contributed by atoms with Crippen LogP contribution in [0, 0.1) is 5.82 Å². The number of halogens is 1. The van der Waals surface area contributed by atoms with Crippen molar-refractivity contribution in [3.63, 3.8) is 0 Å². The summed E-state index contributed by atoms with van der Waals surface area (Å²) in [6, 6.07) is 7.74. The fourth-order valence-corrected chi connectivity index (χ4v) is 1.84. The number of carbonyl (C=O) groups excluding carboxylic acids is 1. The molecule has 2 aromatic rings. The molecule has 1 atom stereocenters. The molecule has 0 fully saturated rings. The zero-order valence-corrected chi connectivity index (χ0v) is 12.3. The number of carbonyl (C=O) groups is 1. The Kier molecular flexibility index (Phi) is 5.43. The maximum Gasteiger partial charge on any atom is 0.221 e. The average Bonchev–Trinajstić information content (AvgIpc) is 2.48. The number of benzene rings is 1. The molecule has 0 spiro atoms. The van der Waals surface area contributed by atoms with Crippen molar-refractivity contribution >= 4 is 5.91 Å². The van der Waals surface area contributed by atoms with Crippen molar-refractivity contribution in [1.29, 1.82) is 0 Å². The third-order valence-corrected chi connectivity index (χ3v) is 2.86. The molecule has 116 valence electrons. The highest BCUT2D eigenvalue weighted by atomic mass is 19.1. The predicted octanol–water partition coefficient (Wildman–Crippen LogP) is 2.37. The number of nitrogens with two attached hydrogens (primary N) is 1. The van der Waals surface area contributed by atoms with Gasteiger partial charge in [-0.15, -0.1) is 0 Å². The van der Waals surface area contributed by atoms with Crippen LogP contribution in [-0.2, 0) is 11.3 Å². The van der Waals surface area contributed by atoms with Gasteiger partial charge in [-0.25, -0.2) is 4.39 Å². The summed E-state index contributed by atoms with van der Waals surface area (Å²) in [4.78, 5) is 15.4. The van der Waals surface area contributed by atoms with Crippen molar-refractivity contribution in [3.8, 4) is 11.5 Å². The smallest absolute Gasteiger partial charge is 0.221 e. The second-order valence-electron chi connectivity index (χ2n) is 5.01. The lowest BCUT2D eigenvalue weighted by Gasteiger charge is -2.10. The Hall–Kier alpha value is -2.47. The Morgan fingerprint density at radius 1 is 1.45 bits per heavy atom. The molecule has 0 radical (unpaired) electrons. The number of hydrogen-bond donors (Lipinski definition) is 2. The number of hydrogen-bond acceptors (Lipinski definition) is 4. The van der Waals surface area contributed by atoms with E-state index in [-0.39, 0.29) is 30.7 Å². The Labute approximate surface area is 128 Å². The molecule has 0 aliphatic heterocycles. The number of amides is 1. The van der Waals surface area contributed by atoms with Crippen molar-refractivity contribution in [2.24, 2.45) is 5.73 Å². The van der Waals surface area contributed by atoms with E-state index in [0.717, 1.165) is 0 Å². The molecule has 5 nitrogen and oxygen atoms in total. The van der Waals surface area contributed by atoms with E-state index in [0.29, 0.717) is 11.3 Å². The van der Waals surface area contributed by atoms with Crippen molar-refractivity contribution in [2.75, 3.05) is 0 Å². The lowest BCUT2D eigenvalue weighted by Crippen LogP contribution is -2.29. The van der Waals surface area contributed by atoms with Gasteiger partial charge in [0.2, 0.25) is 5.91 Å². The van der Waals surface area contributed by atoms with Gasteiger partial charge in [-0.2, -0.15) is 0 Å².